The summed E-state index contributed by atoms with van der Waals surface area (Å²) in [6.45, 7) is 3.62. The Morgan fingerprint density at radius 1 is 1.45 bits per heavy atom. The topological polar surface area (TPSA) is 67.4 Å². The first-order valence-electron chi connectivity index (χ1n) is 6.88. The highest BCUT2D eigenvalue weighted by atomic mass is 79.9. The van der Waals surface area contributed by atoms with Crippen molar-refractivity contribution in [3.05, 3.63) is 28.2 Å². The molecule has 1 heterocycles. The van der Waals surface area contributed by atoms with E-state index in [4.69, 9.17) is 4.74 Å². The van der Waals surface area contributed by atoms with E-state index in [0.717, 1.165) is 24.9 Å². The minimum absolute atomic E-state index is 0. The predicted molar refractivity (Wildman–Crippen MR) is 93.2 cm³/mol. The first-order valence-corrected chi connectivity index (χ1v) is 9.16. The van der Waals surface area contributed by atoms with Crippen molar-refractivity contribution < 1.29 is 13.2 Å². The lowest BCUT2D eigenvalue weighted by atomic mass is 9.99. The van der Waals surface area contributed by atoms with E-state index in [1.807, 2.05) is 6.92 Å². The van der Waals surface area contributed by atoms with Gasteiger partial charge in [0.05, 0.1) is 17.0 Å². The third kappa shape index (κ3) is 4.66. The van der Waals surface area contributed by atoms with Crippen LogP contribution in [0.1, 0.15) is 18.4 Å². The second-order valence-corrected chi connectivity index (χ2v) is 8.09. The average Bonchev–Trinajstić information content (AvgIpc) is 2.86. The van der Waals surface area contributed by atoms with Crippen LogP contribution in [0.2, 0.25) is 0 Å². The molecule has 0 saturated carbocycles. The average molecular weight is 414 g/mol. The lowest BCUT2D eigenvalue weighted by Crippen LogP contribution is -2.52. The molecule has 22 heavy (non-hydrogen) atoms. The fourth-order valence-electron chi connectivity index (χ4n) is 2.60. The summed E-state index contributed by atoms with van der Waals surface area (Å²) in [6.07, 6.45) is 1.93. The molecule has 1 fully saturated rings. The molecule has 0 bridgehead atoms. The van der Waals surface area contributed by atoms with Crippen LogP contribution >= 0.6 is 28.3 Å². The number of aryl methyl sites for hydroxylation is 1. The Kier molecular flexibility index (Phi) is 7.29. The van der Waals surface area contributed by atoms with Gasteiger partial charge in [-0.3, -0.25) is 0 Å². The minimum atomic E-state index is -3.54. The molecule has 0 amide bonds. The first kappa shape index (κ1) is 19.9. The van der Waals surface area contributed by atoms with Crippen molar-refractivity contribution in [1.82, 2.24) is 10.0 Å². The zero-order chi connectivity index (χ0) is 15.5. The molecular formula is C14H22BrClN2O3S. The van der Waals surface area contributed by atoms with E-state index in [2.05, 4.69) is 26.0 Å². The Hall–Kier alpha value is -0.180. The molecule has 0 spiro atoms. The van der Waals surface area contributed by atoms with E-state index < -0.39 is 10.0 Å². The number of nitrogens with one attached hydrogen (secondary N) is 2. The molecule has 1 aromatic rings. The van der Waals surface area contributed by atoms with Crippen LogP contribution in [0.4, 0.5) is 0 Å². The van der Waals surface area contributed by atoms with Crippen LogP contribution in [0.5, 0.6) is 0 Å². The quantitative estimate of drug-likeness (QED) is 0.750. The zero-order valence-corrected chi connectivity index (χ0v) is 15.9. The van der Waals surface area contributed by atoms with Gasteiger partial charge in [0.15, 0.2) is 0 Å². The molecule has 1 aliphatic heterocycles. The van der Waals surface area contributed by atoms with Crippen molar-refractivity contribution in [2.45, 2.75) is 30.2 Å². The Morgan fingerprint density at radius 3 is 2.73 bits per heavy atom. The normalized spacial score (nSPS) is 21.6. The lowest BCUT2D eigenvalue weighted by Gasteiger charge is -2.29. The minimum Gasteiger partial charge on any atom is -0.383 e. The lowest BCUT2D eigenvalue weighted by molar-refractivity contribution is 0.122. The molecule has 0 radical (unpaired) electrons. The van der Waals surface area contributed by atoms with Gasteiger partial charge in [-0.05, 0) is 59.9 Å². The monoisotopic (exact) mass is 412 g/mol. The van der Waals surface area contributed by atoms with E-state index in [9.17, 15) is 8.42 Å². The molecule has 2 N–H and O–H groups in total. The number of rotatable bonds is 6. The Labute approximate surface area is 146 Å². The Balaban J connectivity index is 0.00000242. The molecule has 1 unspecified atom stereocenters. The van der Waals surface area contributed by atoms with Gasteiger partial charge in [-0.2, -0.15) is 0 Å². The van der Waals surface area contributed by atoms with Gasteiger partial charge in [0.1, 0.15) is 0 Å². The van der Waals surface area contributed by atoms with Crippen LogP contribution in [0.3, 0.4) is 0 Å². The third-order valence-corrected chi connectivity index (χ3v) is 6.11. The van der Waals surface area contributed by atoms with E-state index in [1.54, 1.807) is 25.3 Å². The maximum Gasteiger partial charge on any atom is 0.241 e. The number of hydrogen-bond acceptors (Lipinski definition) is 4. The summed E-state index contributed by atoms with van der Waals surface area (Å²) in [5.74, 6) is 0. The van der Waals surface area contributed by atoms with Crippen LogP contribution in [0.25, 0.3) is 0 Å². The fraction of sp³-hybridized carbons (Fsp3) is 0.571. The molecule has 5 nitrogen and oxygen atoms in total. The van der Waals surface area contributed by atoms with Crippen molar-refractivity contribution >= 4 is 38.4 Å². The summed E-state index contributed by atoms with van der Waals surface area (Å²) in [6, 6.07) is 5.21. The van der Waals surface area contributed by atoms with Crippen LogP contribution < -0.4 is 10.0 Å². The highest BCUT2D eigenvalue weighted by Crippen LogP contribution is 2.24. The number of halogens is 2. The maximum atomic E-state index is 12.5. The summed E-state index contributed by atoms with van der Waals surface area (Å²) < 4.78 is 33.4. The molecule has 1 aromatic carbocycles. The van der Waals surface area contributed by atoms with Crippen LogP contribution in [0, 0.1) is 6.92 Å². The van der Waals surface area contributed by atoms with Gasteiger partial charge in [-0.15, -0.1) is 12.4 Å². The highest BCUT2D eigenvalue weighted by Gasteiger charge is 2.35. The standard InChI is InChI=1S/C14H21BrN2O3S.ClH/c1-11-4-5-13(12(15)8-11)21(18,19)17-9-14(10-20-2)6-3-7-16-14;/h4-5,8,16-17H,3,6-7,9-10H2,1-2H3;1H. The van der Waals surface area contributed by atoms with E-state index in [1.165, 1.54) is 0 Å². The van der Waals surface area contributed by atoms with Crippen LogP contribution in [0.15, 0.2) is 27.6 Å². The summed E-state index contributed by atoms with van der Waals surface area (Å²) in [7, 11) is -1.91. The molecule has 1 saturated heterocycles. The highest BCUT2D eigenvalue weighted by molar-refractivity contribution is 9.10. The van der Waals surface area contributed by atoms with E-state index in [0.29, 0.717) is 17.6 Å². The van der Waals surface area contributed by atoms with Crippen molar-refractivity contribution in [3.8, 4) is 0 Å². The molecule has 8 heteroatoms. The fourth-order valence-corrected chi connectivity index (χ4v) is 4.92. The summed E-state index contributed by atoms with van der Waals surface area (Å²) in [5, 5.41) is 3.36. The van der Waals surface area contributed by atoms with Crippen LogP contribution in [-0.2, 0) is 14.8 Å². The number of methoxy groups -OCH3 is 1. The number of hydrogen-bond donors (Lipinski definition) is 2. The van der Waals surface area contributed by atoms with E-state index >= 15 is 0 Å². The van der Waals surface area contributed by atoms with Crippen molar-refractivity contribution in [2.75, 3.05) is 26.8 Å². The zero-order valence-electron chi connectivity index (χ0n) is 12.7. The number of sulfonamides is 1. The van der Waals surface area contributed by atoms with Gasteiger partial charge in [0.25, 0.3) is 0 Å². The molecule has 0 aliphatic carbocycles. The van der Waals surface area contributed by atoms with Gasteiger partial charge in [-0.1, -0.05) is 6.07 Å². The summed E-state index contributed by atoms with van der Waals surface area (Å²) in [5.41, 5.74) is 0.702. The molecule has 1 atom stereocenters. The van der Waals surface area contributed by atoms with Gasteiger partial charge < -0.3 is 10.1 Å². The largest absolute Gasteiger partial charge is 0.383 e. The number of benzene rings is 1. The van der Waals surface area contributed by atoms with Crippen molar-refractivity contribution in [3.63, 3.8) is 0 Å². The molecular weight excluding hydrogens is 392 g/mol. The van der Waals surface area contributed by atoms with Crippen molar-refractivity contribution in [2.24, 2.45) is 0 Å². The maximum absolute atomic E-state index is 12.5. The van der Waals surface area contributed by atoms with Gasteiger partial charge in [-0.25, -0.2) is 13.1 Å². The van der Waals surface area contributed by atoms with E-state index in [-0.39, 0.29) is 22.8 Å². The van der Waals surface area contributed by atoms with Gasteiger partial charge in [0, 0.05) is 18.1 Å². The molecule has 126 valence electrons. The SMILES string of the molecule is COCC1(CNS(=O)(=O)c2ccc(C)cc2Br)CCCN1.Cl. The van der Waals surface area contributed by atoms with Gasteiger partial charge in [0.2, 0.25) is 10.0 Å². The predicted octanol–water partition coefficient (Wildman–Crippen LogP) is 2.23. The first-order chi connectivity index (χ1) is 9.88. The third-order valence-electron chi connectivity index (χ3n) is 3.73. The smallest absolute Gasteiger partial charge is 0.241 e. The Bertz CT molecular complexity index is 604. The van der Waals surface area contributed by atoms with Crippen LogP contribution in [-0.4, -0.2) is 40.8 Å². The molecule has 1 aliphatic rings. The second-order valence-electron chi connectivity index (χ2n) is 5.50. The van der Waals surface area contributed by atoms with Gasteiger partial charge >= 0.3 is 0 Å². The Morgan fingerprint density at radius 2 is 2.18 bits per heavy atom. The second kappa shape index (κ2) is 8.08. The summed E-state index contributed by atoms with van der Waals surface area (Å²) >= 11 is 3.32. The molecule has 0 aromatic heterocycles. The molecule has 2 rings (SSSR count). The summed E-state index contributed by atoms with van der Waals surface area (Å²) in [4.78, 5) is 0.263. The van der Waals surface area contributed by atoms with Crippen molar-refractivity contribution in [1.29, 1.82) is 0 Å². The number of ether oxygens (including phenoxy) is 1.